The topological polar surface area (TPSA) is 81.5 Å². The standard InChI is InChI=1S/C22H19FN2O4/c1-15-19(23)13-17(14-20(15)25(27)28)22(26)24-11-12-29-21-10-6-5-9-18(21)16-7-3-2-4-8-16/h2-10,13-14H,11-12H2,1H3,(H,24,26). The van der Waals surface area contributed by atoms with Gasteiger partial charge in [-0.1, -0.05) is 48.5 Å². The number of carbonyl (C=O) groups is 1. The summed E-state index contributed by atoms with van der Waals surface area (Å²) in [4.78, 5) is 22.5. The van der Waals surface area contributed by atoms with Crippen LogP contribution in [0.15, 0.2) is 66.7 Å². The smallest absolute Gasteiger partial charge is 0.276 e. The molecule has 0 spiro atoms. The van der Waals surface area contributed by atoms with Crippen LogP contribution in [0, 0.1) is 22.9 Å². The highest BCUT2D eigenvalue weighted by Crippen LogP contribution is 2.29. The molecule has 0 aliphatic carbocycles. The van der Waals surface area contributed by atoms with Crippen LogP contribution < -0.4 is 10.1 Å². The lowest BCUT2D eigenvalue weighted by Gasteiger charge is -2.12. The molecule has 0 fully saturated rings. The lowest BCUT2D eigenvalue weighted by atomic mass is 10.1. The minimum atomic E-state index is -0.794. The van der Waals surface area contributed by atoms with E-state index in [0.29, 0.717) is 5.75 Å². The lowest BCUT2D eigenvalue weighted by molar-refractivity contribution is -0.385. The molecule has 0 aromatic heterocycles. The summed E-state index contributed by atoms with van der Waals surface area (Å²) >= 11 is 0. The van der Waals surface area contributed by atoms with Crippen molar-refractivity contribution in [2.24, 2.45) is 0 Å². The van der Waals surface area contributed by atoms with Crippen molar-refractivity contribution in [3.05, 3.63) is 93.8 Å². The van der Waals surface area contributed by atoms with Gasteiger partial charge in [0.1, 0.15) is 18.2 Å². The molecular formula is C22H19FN2O4. The van der Waals surface area contributed by atoms with Crippen LogP contribution in [0.25, 0.3) is 11.1 Å². The molecule has 7 heteroatoms. The Morgan fingerprint density at radius 3 is 2.52 bits per heavy atom. The van der Waals surface area contributed by atoms with Crippen LogP contribution >= 0.6 is 0 Å². The second-order valence-electron chi connectivity index (χ2n) is 6.33. The first kappa shape index (κ1) is 20.0. The predicted octanol–water partition coefficient (Wildman–Crippen LogP) is 4.52. The average Bonchev–Trinajstić information content (AvgIpc) is 2.73. The van der Waals surface area contributed by atoms with Crippen molar-refractivity contribution in [2.75, 3.05) is 13.2 Å². The maximum Gasteiger partial charge on any atom is 0.276 e. The number of hydrogen-bond donors (Lipinski definition) is 1. The van der Waals surface area contributed by atoms with Crippen LogP contribution in [-0.2, 0) is 0 Å². The number of nitro benzene ring substituents is 1. The Hall–Kier alpha value is -3.74. The molecule has 0 aliphatic heterocycles. The highest BCUT2D eigenvalue weighted by molar-refractivity contribution is 5.95. The van der Waals surface area contributed by atoms with Crippen molar-refractivity contribution in [1.29, 1.82) is 0 Å². The Kier molecular flexibility index (Phi) is 6.19. The number of ether oxygens (including phenoxy) is 1. The Balaban J connectivity index is 1.62. The molecule has 0 atom stereocenters. The Bertz CT molecular complexity index is 1040. The van der Waals surface area contributed by atoms with E-state index in [0.717, 1.165) is 23.3 Å². The van der Waals surface area contributed by atoms with E-state index >= 15 is 0 Å². The van der Waals surface area contributed by atoms with Gasteiger partial charge in [0, 0.05) is 17.2 Å². The van der Waals surface area contributed by atoms with Gasteiger partial charge in [-0.2, -0.15) is 0 Å². The number of halogens is 1. The molecule has 3 aromatic carbocycles. The van der Waals surface area contributed by atoms with E-state index in [1.807, 2.05) is 54.6 Å². The van der Waals surface area contributed by atoms with Gasteiger partial charge < -0.3 is 10.1 Å². The molecule has 29 heavy (non-hydrogen) atoms. The van der Waals surface area contributed by atoms with Crippen molar-refractivity contribution in [1.82, 2.24) is 5.32 Å². The van der Waals surface area contributed by atoms with Gasteiger partial charge in [0.2, 0.25) is 0 Å². The first-order valence-corrected chi connectivity index (χ1v) is 8.97. The first-order chi connectivity index (χ1) is 14.0. The predicted molar refractivity (Wildman–Crippen MR) is 107 cm³/mol. The SMILES string of the molecule is Cc1c(F)cc(C(=O)NCCOc2ccccc2-c2ccccc2)cc1[N+](=O)[O-]. The maximum atomic E-state index is 13.9. The summed E-state index contributed by atoms with van der Waals surface area (Å²) in [5.74, 6) is -0.727. The molecule has 0 aliphatic rings. The molecule has 0 radical (unpaired) electrons. The number of carbonyl (C=O) groups excluding carboxylic acids is 1. The highest BCUT2D eigenvalue weighted by Gasteiger charge is 2.19. The van der Waals surface area contributed by atoms with Crippen LogP contribution in [0.1, 0.15) is 15.9 Å². The monoisotopic (exact) mass is 394 g/mol. The van der Waals surface area contributed by atoms with Gasteiger partial charge in [-0.3, -0.25) is 14.9 Å². The van der Waals surface area contributed by atoms with Gasteiger partial charge in [-0.05, 0) is 24.6 Å². The van der Waals surface area contributed by atoms with E-state index in [1.165, 1.54) is 6.92 Å². The van der Waals surface area contributed by atoms with Crippen molar-refractivity contribution in [3.63, 3.8) is 0 Å². The Morgan fingerprint density at radius 2 is 1.79 bits per heavy atom. The van der Waals surface area contributed by atoms with E-state index in [4.69, 9.17) is 4.74 Å². The van der Waals surface area contributed by atoms with Gasteiger partial charge in [0.25, 0.3) is 11.6 Å². The molecule has 1 N–H and O–H groups in total. The van der Waals surface area contributed by atoms with E-state index < -0.39 is 22.3 Å². The highest BCUT2D eigenvalue weighted by atomic mass is 19.1. The minimum Gasteiger partial charge on any atom is -0.491 e. The lowest BCUT2D eigenvalue weighted by Crippen LogP contribution is -2.28. The molecule has 0 saturated heterocycles. The molecule has 0 bridgehead atoms. The largest absolute Gasteiger partial charge is 0.491 e. The molecular weight excluding hydrogens is 375 g/mol. The van der Waals surface area contributed by atoms with Gasteiger partial charge in [0.05, 0.1) is 17.0 Å². The van der Waals surface area contributed by atoms with Crippen molar-refractivity contribution in [3.8, 4) is 16.9 Å². The summed E-state index contributed by atoms with van der Waals surface area (Å²) < 4.78 is 19.7. The zero-order chi connectivity index (χ0) is 20.8. The van der Waals surface area contributed by atoms with Crippen LogP contribution in [0.4, 0.5) is 10.1 Å². The van der Waals surface area contributed by atoms with Crippen LogP contribution in [-0.4, -0.2) is 24.0 Å². The Labute approximate surface area is 167 Å². The number of amides is 1. The molecule has 3 aromatic rings. The van der Waals surface area contributed by atoms with Crippen LogP contribution in [0.2, 0.25) is 0 Å². The van der Waals surface area contributed by atoms with Crippen molar-refractivity contribution in [2.45, 2.75) is 6.92 Å². The number of nitrogens with zero attached hydrogens (tertiary/aromatic N) is 1. The number of benzene rings is 3. The third-order valence-electron chi connectivity index (χ3n) is 4.39. The zero-order valence-corrected chi connectivity index (χ0v) is 15.7. The fraction of sp³-hybridized carbons (Fsp3) is 0.136. The van der Waals surface area contributed by atoms with E-state index in [2.05, 4.69) is 5.32 Å². The second kappa shape index (κ2) is 8.97. The summed E-state index contributed by atoms with van der Waals surface area (Å²) in [6.45, 7) is 1.64. The zero-order valence-electron chi connectivity index (χ0n) is 15.7. The molecule has 0 heterocycles. The van der Waals surface area contributed by atoms with Crippen LogP contribution in [0.3, 0.4) is 0 Å². The number of nitro groups is 1. The van der Waals surface area contributed by atoms with Gasteiger partial charge >= 0.3 is 0 Å². The molecule has 0 saturated carbocycles. The minimum absolute atomic E-state index is 0.104. The summed E-state index contributed by atoms with van der Waals surface area (Å²) in [6.07, 6.45) is 0. The normalized spacial score (nSPS) is 10.4. The fourth-order valence-electron chi connectivity index (χ4n) is 2.86. The number of hydrogen-bond acceptors (Lipinski definition) is 4. The molecule has 148 valence electrons. The summed E-state index contributed by atoms with van der Waals surface area (Å²) in [5.41, 5.74) is 1.30. The third kappa shape index (κ3) is 4.76. The molecule has 1 amide bonds. The summed E-state index contributed by atoms with van der Waals surface area (Å²) in [6, 6.07) is 19.4. The number of rotatable bonds is 7. The van der Waals surface area contributed by atoms with Gasteiger partial charge in [-0.25, -0.2) is 4.39 Å². The maximum absolute atomic E-state index is 13.9. The van der Waals surface area contributed by atoms with Crippen LogP contribution in [0.5, 0.6) is 5.75 Å². The van der Waals surface area contributed by atoms with Crippen molar-refractivity contribution < 1.29 is 18.8 Å². The van der Waals surface area contributed by atoms with Crippen molar-refractivity contribution >= 4 is 11.6 Å². The molecule has 3 rings (SSSR count). The average molecular weight is 394 g/mol. The van der Waals surface area contributed by atoms with E-state index in [1.54, 1.807) is 0 Å². The summed E-state index contributed by atoms with van der Waals surface area (Å²) in [5, 5.41) is 13.6. The summed E-state index contributed by atoms with van der Waals surface area (Å²) in [7, 11) is 0. The molecule has 6 nitrogen and oxygen atoms in total. The number of para-hydroxylation sites is 1. The quantitative estimate of drug-likeness (QED) is 0.363. The fourth-order valence-corrected chi connectivity index (χ4v) is 2.86. The number of nitrogens with one attached hydrogen (secondary N) is 1. The van der Waals surface area contributed by atoms with E-state index in [-0.39, 0.29) is 24.3 Å². The molecule has 0 unspecified atom stereocenters. The van der Waals surface area contributed by atoms with Gasteiger partial charge in [0.15, 0.2) is 0 Å². The van der Waals surface area contributed by atoms with E-state index in [9.17, 15) is 19.3 Å². The second-order valence-corrected chi connectivity index (χ2v) is 6.33. The first-order valence-electron chi connectivity index (χ1n) is 8.97. The Morgan fingerprint density at radius 1 is 1.10 bits per heavy atom. The third-order valence-corrected chi connectivity index (χ3v) is 4.39. The van der Waals surface area contributed by atoms with Gasteiger partial charge in [-0.15, -0.1) is 0 Å².